The third-order valence-corrected chi connectivity index (χ3v) is 3.12. The van der Waals surface area contributed by atoms with Gasteiger partial charge in [-0.15, -0.1) is 0 Å². The van der Waals surface area contributed by atoms with Crippen molar-refractivity contribution < 1.29 is 4.39 Å². The van der Waals surface area contributed by atoms with Crippen molar-refractivity contribution in [2.75, 3.05) is 6.54 Å². The Hall–Kier alpha value is -1.11. The summed E-state index contributed by atoms with van der Waals surface area (Å²) in [6.45, 7) is 5.70. The lowest BCUT2D eigenvalue weighted by molar-refractivity contribution is 0.317. The quantitative estimate of drug-likeness (QED) is 0.849. The summed E-state index contributed by atoms with van der Waals surface area (Å²) in [7, 11) is 0. The maximum absolute atomic E-state index is 13.0. The van der Waals surface area contributed by atoms with Crippen LogP contribution in [0.15, 0.2) is 18.2 Å². The van der Waals surface area contributed by atoms with E-state index >= 15 is 0 Å². The van der Waals surface area contributed by atoms with Crippen molar-refractivity contribution in [2.24, 2.45) is 5.41 Å². The van der Waals surface area contributed by atoms with Crippen molar-refractivity contribution in [1.82, 2.24) is 5.32 Å². The number of nitrogens with zero attached hydrogens (tertiary/aromatic N) is 1. The molecule has 0 unspecified atom stereocenters. The zero-order chi connectivity index (χ0) is 13.6. The molecule has 0 atom stereocenters. The van der Waals surface area contributed by atoms with Gasteiger partial charge in [-0.05, 0) is 29.5 Å². The number of hydrogen-bond donors (Lipinski definition) is 1. The van der Waals surface area contributed by atoms with E-state index in [0.717, 1.165) is 18.5 Å². The normalized spacial score (nSPS) is 11.3. The van der Waals surface area contributed by atoms with Crippen LogP contribution < -0.4 is 5.32 Å². The van der Waals surface area contributed by atoms with Crippen LogP contribution in [0.2, 0.25) is 5.02 Å². The number of nitriles is 1. The molecule has 1 aromatic rings. The van der Waals surface area contributed by atoms with E-state index in [1.807, 2.05) is 0 Å². The SMILES string of the molecule is CC(C)(CCC#N)CNCc1ccc(F)c(Cl)c1. The molecule has 0 aliphatic rings. The highest BCUT2D eigenvalue weighted by molar-refractivity contribution is 6.30. The predicted molar refractivity (Wildman–Crippen MR) is 71.7 cm³/mol. The summed E-state index contributed by atoms with van der Waals surface area (Å²) >= 11 is 5.71. The molecule has 0 aliphatic heterocycles. The summed E-state index contributed by atoms with van der Waals surface area (Å²) < 4.78 is 13.0. The molecule has 0 spiro atoms. The van der Waals surface area contributed by atoms with Gasteiger partial charge in [-0.2, -0.15) is 5.26 Å². The van der Waals surface area contributed by atoms with Crippen LogP contribution in [0.5, 0.6) is 0 Å². The lowest BCUT2D eigenvalue weighted by Gasteiger charge is -2.23. The van der Waals surface area contributed by atoms with Crippen molar-refractivity contribution in [3.05, 3.63) is 34.6 Å². The Balaban J connectivity index is 2.41. The van der Waals surface area contributed by atoms with Crippen molar-refractivity contribution in [2.45, 2.75) is 33.2 Å². The monoisotopic (exact) mass is 268 g/mol. The largest absolute Gasteiger partial charge is 0.312 e. The van der Waals surface area contributed by atoms with E-state index in [1.165, 1.54) is 6.07 Å². The average molecular weight is 269 g/mol. The van der Waals surface area contributed by atoms with Gasteiger partial charge < -0.3 is 5.32 Å². The molecule has 0 saturated heterocycles. The Morgan fingerprint density at radius 3 is 2.78 bits per heavy atom. The molecule has 1 rings (SSSR count). The van der Waals surface area contributed by atoms with Gasteiger partial charge in [0, 0.05) is 19.5 Å². The van der Waals surface area contributed by atoms with Crippen LogP contribution in [0.3, 0.4) is 0 Å². The zero-order valence-corrected chi connectivity index (χ0v) is 11.5. The van der Waals surface area contributed by atoms with Gasteiger partial charge in [-0.1, -0.05) is 31.5 Å². The van der Waals surface area contributed by atoms with Gasteiger partial charge in [0.1, 0.15) is 5.82 Å². The second kappa shape index (κ2) is 6.72. The summed E-state index contributed by atoms with van der Waals surface area (Å²) in [6, 6.07) is 6.88. The summed E-state index contributed by atoms with van der Waals surface area (Å²) in [5.41, 5.74) is 1.04. The lowest BCUT2D eigenvalue weighted by Crippen LogP contribution is -2.29. The van der Waals surface area contributed by atoms with Crippen LogP contribution in [0.4, 0.5) is 4.39 Å². The molecule has 0 heterocycles. The van der Waals surface area contributed by atoms with Crippen LogP contribution in [0.1, 0.15) is 32.3 Å². The molecule has 0 saturated carbocycles. The molecule has 0 bridgehead atoms. The third-order valence-electron chi connectivity index (χ3n) is 2.83. The minimum absolute atomic E-state index is 0.0829. The van der Waals surface area contributed by atoms with Gasteiger partial charge in [0.25, 0.3) is 0 Å². The summed E-state index contributed by atoms with van der Waals surface area (Å²) in [5.74, 6) is -0.394. The number of halogens is 2. The lowest BCUT2D eigenvalue weighted by atomic mass is 9.88. The number of hydrogen-bond acceptors (Lipinski definition) is 2. The zero-order valence-electron chi connectivity index (χ0n) is 10.8. The fourth-order valence-corrected chi connectivity index (χ4v) is 1.88. The second-order valence-electron chi connectivity index (χ2n) is 5.17. The first-order valence-electron chi connectivity index (χ1n) is 5.96. The van der Waals surface area contributed by atoms with Crippen LogP contribution >= 0.6 is 11.6 Å². The summed E-state index contributed by atoms with van der Waals surface area (Å²) in [5, 5.41) is 12.0. The van der Waals surface area contributed by atoms with E-state index in [1.54, 1.807) is 12.1 Å². The summed E-state index contributed by atoms with van der Waals surface area (Å²) in [6.07, 6.45) is 1.43. The topological polar surface area (TPSA) is 35.8 Å². The smallest absolute Gasteiger partial charge is 0.141 e. The number of rotatable bonds is 6. The van der Waals surface area contributed by atoms with E-state index in [4.69, 9.17) is 16.9 Å². The molecule has 0 radical (unpaired) electrons. The molecule has 2 nitrogen and oxygen atoms in total. The number of benzene rings is 1. The molecule has 0 fully saturated rings. The van der Waals surface area contributed by atoms with Crippen LogP contribution in [-0.4, -0.2) is 6.54 Å². The Labute approximate surface area is 113 Å². The van der Waals surface area contributed by atoms with E-state index < -0.39 is 5.82 Å². The predicted octanol–water partition coefficient (Wildman–Crippen LogP) is 3.90. The molecule has 0 aromatic heterocycles. The molecule has 0 amide bonds. The van der Waals surface area contributed by atoms with Gasteiger partial charge >= 0.3 is 0 Å². The first-order valence-corrected chi connectivity index (χ1v) is 6.34. The van der Waals surface area contributed by atoms with E-state index in [2.05, 4.69) is 25.2 Å². The molecule has 1 aromatic carbocycles. The molecular weight excluding hydrogens is 251 g/mol. The van der Waals surface area contributed by atoms with E-state index in [-0.39, 0.29) is 10.4 Å². The fourth-order valence-electron chi connectivity index (χ4n) is 1.68. The van der Waals surface area contributed by atoms with E-state index in [0.29, 0.717) is 13.0 Å². The standard InChI is InChI=1S/C14H18ClFN2/c1-14(2,6-3-7-17)10-18-9-11-4-5-13(16)12(15)8-11/h4-5,8,18H,3,6,9-10H2,1-2H3. The first-order chi connectivity index (χ1) is 8.44. The second-order valence-corrected chi connectivity index (χ2v) is 5.58. The molecule has 4 heteroatoms. The van der Waals surface area contributed by atoms with Crippen LogP contribution in [-0.2, 0) is 6.54 Å². The molecule has 18 heavy (non-hydrogen) atoms. The fraction of sp³-hybridized carbons (Fsp3) is 0.500. The van der Waals surface area contributed by atoms with Crippen LogP contribution in [0, 0.1) is 22.6 Å². The van der Waals surface area contributed by atoms with Gasteiger partial charge in [0.15, 0.2) is 0 Å². The summed E-state index contributed by atoms with van der Waals surface area (Å²) in [4.78, 5) is 0. The molecule has 1 N–H and O–H groups in total. The molecule has 0 aliphatic carbocycles. The Morgan fingerprint density at radius 2 is 2.17 bits per heavy atom. The van der Waals surface area contributed by atoms with Gasteiger partial charge in [0.2, 0.25) is 0 Å². The van der Waals surface area contributed by atoms with Crippen molar-refractivity contribution >= 4 is 11.6 Å². The maximum Gasteiger partial charge on any atom is 0.141 e. The maximum atomic E-state index is 13.0. The Morgan fingerprint density at radius 1 is 1.44 bits per heavy atom. The highest BCUT2D eigenvalue weighted by Gasteiger charge is 2.16. The highest BCUT2D eigenvalue weighted by Crippen LogP contribution is 2.21. The van der Waals surface area contributed by atoms with Crippen molar-refractivity contribution in [1.29, 1.82) is 5.26 Å². The van der Waals surface area contributed by atoms with E-state index in [9.17, 15) is 4.39 Å². The van der Waals surface area contributed by atoms with Crippen molar-refractivity contribution in [3.63, 3.8) is 0 Å². The molecule has 98 valence electrons. The first kappa shape index (κ1) is 14.9. The minimum Gasteiger partial charge on any atom is -0.312 e. The number of nitrogens with one attached hydrogen (secondary N) is 1. The Bertz CT molecular complexity index is 438. The van der Waals surface area contributed by atoms with Gasteiger partial charge in [-0.25, -0.2) is 4.39 Å². The molecular formula is C14H18ClFN2. The average Bonchev–Trinajstić information content (AvgIpc) is 2.31. The third kappa shape index (κ3) is 5.03. The van der Waals surface area contributed by atoms with Crippen molar-refractivity contribution in [3.8, 4) is 6.07 Å². The van der Waals surface area contributed by atoms with Gasteiger partial charge in [0.05, 0.1) is 11.1 Å². The van der Waals surface area contributed by atoms with Gasteiger partial charge in [-0.3, -0.25) is 0 Å². The Kier molecular flexibility index (Phi) is 5.58. The minimum atomic E-state index is -0.394. The van der Waals surface area contributed by atoms with Crippen LogP contribution in [0.25, 0.3) is 0 Å². The highest BCUT2D eigenvalue weighted by atomic mass is 35.5.